The first-order valence-corrected chi connectivity index (χ1v) is 6.16. The van der Waals surface area contributed by atoms with E-state index in [0.717, 1.165) is 26.2 Å². The van der Waals surface area contributed by atoms with E-state index >= 15 is 0 Å². The first-order chi connectivity index (χ1) is 6.78. The number of rotatable bonds is 0. The Morgan fingerprint density at radius 3 is 1.53 bits per heavy atom. The summed E-state index contributed by atoms with van der Waals surface area (Å²) in [6, 6.07) is 0. The summed E-state index contributed by atoms with van der Waals surface area (Å²) in [4.78, 5) is 3.40. The zero-order chi connectivity index (χ0) is 11.1. The average Bonchev–Trinajstić information content (AvgIpc) is 2.08. The summed E-state index contributed by atoms with van der Waals surface area (Å²) in [5, 5.41) is 10.5. The number of nitrogens with one attached hydrogen (secondary N) is 2. The monoisotopic (exact) mass is 212 g/mol. The van der Waals surface area contributed by atoms with Crippen LogP contribution >= 0.6 is 0 Å². The van der Waals surface area contributed by atoms with Gasteiger partial charge in [0.1, 0.15) is 0 Å². The molecule has 0 unspecified atom stereocenters. The number of hydrogen-bond acceptors (Lipinski definition) is 1. The zero-order valence-electron chi connectivity index (χ0n) is 10.4. The highest BCUT2D eigenvalue weighted by Gasteiger charge is 2.70. The number of quaternary nitrogens is 2. The van der Waals surface area contributed by atoms with Gasteiger partial charge in [-0.3, -0.25) is 9.80 Å². The van der Waals surface area contributed by atoms with Gasteiger partial charge in [-0.15, -0.1) is 0 Å². The van der Waals surface area contributed by atoms with Crippen LogP contribution in [0.5, 0.6) is 0 Å². The molecule has 0 aliphatic carbocycles. The van der Waals surface area contributed by atoms with E-state index in [1.807, 2.05) is 0 Å². The smallest absolute Gasteiger partial charge is 0.216 e. The summed E-state index contributed by atoms with van der Waals surface area (Å²) in [6.07, 6.45) is -0.0893. The molecule has 4 fully saturated rings. The highest BCUT2D eigenvalue weighted by molar-refractivity contribution is 5.01. The molecule has 4 saturated heterocycles. The van der Waals surface area contributed by atoms with Crippen LogP contribution in [0.15, 0.2) is 0 Å². The molecule has 4 bridgehead atoms. The second-order valence-corrected chi connectivity index (χ2v) is 7.25. The molecule has 3 nitrogen and oxygen atoms in total. The van der Waals surface area contributed by atoms with E-state index in [9.17, 15) is 5.11 Å². The van der Waals surface area contributed by atoms with Gasteiger partial charge in [-0.05, 0) is 13.8 Å². The summed E-state index contributed by atoms with van der Waals surface area (Å²) in [6.45, 7) is 13.9. The van der Waals surface area contributed by atoms with Crippen LogP contribution < -0.4 is 9.80 Å². The minimum atomic E-state index is -0.0893. The Bertz CT molecular complexity index is 273. The Kier molecular flexibility index (Phi) is 1.62. The Balaban J connectivity index is 2.06. The third-order valence-corrected chi connectivity index (χ3v) is 5.56. The van der Waals surface area contributed by atoms with Crippen LogP contribution in [0.2, 0.25) is 0 Å². The zero-order valence-corrected chi connectivity index (χ0v) is 10.4. The Morgan fingerprint density at radius 2 is 1.20 bits per heavy atom. The first kappa shape index (κ1) is 10.1. The van der Waals surface area contributed by atoms with E-state index in [1.165, 1.54) is 0 Å². The molecule has 3 N–H and O–H groups in total. The van der Waals surface area contributed by atoms with E-state index in [2.05, 4.69) is 27.7 Å². The fourth-order valence-electron chi connectivity index (χ4n) is 4.56. The molecule has 0 aromatic rings. The lowest BCUT2D eigenvalue weighted by Crippen LogP contribution is -3.48. The predicted molar refractivity (Wildman–Crippen MR) is 57.7 cm³/mol. The quantitative estimate of drug-likeness (QED) is 0.422. The highest BCUT2D eigenvalue weighted by Crippen LogP contribution is 2.39. The van der Waals surface area contributed by atoms with Crippen molar-refractivity contribution in [3.63, 3.8) is 0 Å². The largest absolute Gasteiger partial charge is 0.391 e. The summed E-state index contributed by atoms with van der Waals surface area (Å²) in [7, 11) is 0. The van der Waals surface area contributed by atoms with Gasteiger partial charge in [0.05, 0.1) is 43.1 Å². The molecule has 0 amide bonds. The maximum atomic E-state index is 10.5. The third-order valence-electron chi connectivity index (χ3n) is 5.56. The second kappa shape index (κ2) is 2.41. The van der Waals surface area contributed by atoms with E-state index in [4.69, 9.17) is 0 Å². The molecule has 0 atom stereocenters. The van der Waals surface area contributed by atoms with E-state index in [0.29, 0.717) is 5.66 Å². The molecule has 0 aromatic heterocycles. The molecular weight excluding hydrogens is 188 g/mol. The summed E-state index contributed by atoms with van der Waals surface area (Å²) < 4.78 is 0. The lowest BCUT2D eigenvalue weighted by molar-refractivity contribution is -1.20. The molecule has 4 aliphatic heterocycles. The maximum absolute atomic E-state index is 10.5. The SMILES string of the molecule is CC12C[NH+]3CC(C)(C[NH+](C1)C3(C)C)C2O. The van der Waals surface area contributed by atoms with Gasteiger partial charge < -0.3 is 5.11 Å². The normalized spacial score (nSPS) is 61.0. The highest BCUT2D eigenvalue weighted by atomic mass is 16.3. The number of aliphatic hydroxyl groups is 1. The van der Waals surface area contributed by atoms with Crippen LogP contribution in [0, 0.1) is 10.8 Å². The van der Waals surface area contributed by atoms with Crippen molar-refractivity contribution in [3.8, 4) is 0 Å². The van der Waals surface area contributed by atoms with Crippen molar-refractivity contribution in [2.75, 3.05) is 26.2 Å². The second-order valence-electron chi connectivity index (χ2n) is 7.25. The minimum Gasteiger partial charge on any atom is -0.391 e. The molecule has 86 valence electrons. The van der Waals surface area contributed by atoms with Crippen molar-refractivity contribution >= 4 is 0 Å². The molecule has 0 aromatic carbocycles. The van der Waals surface area contributed by atoms with Gasteiger partial charge in [0.25, 0.3) is 0 Å². The van der Waals surface area contributed by atoms with Crippen LogP contribution in [-0.4, -0.2) is 43.1 Å². The van der Waals surface area contributed by atoms with Crippen LogP contribution in [-0.2, 0) is 0 Å². The van der Waals surface area contributed by atoms with Crippen LogP contribution in [0.3, 0.4) is 0 Å². The van der Waals surface area contributed by atoms with Crippen molar-refractivity contribution in [3.05, 3.63) is 0 Å². The summed E-state index contributed by atoms with van der Waals surface area (Å²) in [5.74, 6) is 0. The third kappa shape index (κ3) is 1.02. The Hall–Kier alpha value is -0.120. The number of aliphatic hydroxyl groups excluding tert-OH is 1. The van der Waals surface area contributed by atoms with Crippen molar-refractivity contribution in [2.24, 2.45) is 10.8 Å². The molecular formula is C12H24N2O+2. The topological polar surface area (TPSA) is 29.1 Å². The Morgan fingerprint density at radius 1 is 0.867 bits per heavy atom. The lowest BCUT2D eigenvalue weighted by atomic mass is 9.59. The maximum Gasteiger partial charge on any atom is 0.216 e. The van der Waals surface area contributed by atoms with Crippen LogP contribution in [0.1, 0.15) is 27.7 Å². The minimum absolute atomic E-state index is 0.0893. The number of hydrogen-bond donors (Lipinski definition) is 3. The van der Waals surface area contributed by atoms with Gasteiger partial charge in [-0.2, -0.15) is 0 Å². The summed E-state index contributed by atoms with van der Waals surface area (Å²) in [5.41, 5.74) is 0.677. The summed E-state index contributed by atoms with van der Waals surface area (Å²) >= 11 is 0. The van der Waals surface area contributed by atoms with E-state index in [-0.39, 0.29) is 16.9 Å². The van der Waals surface area contributed by atoms with Gasteiger partial charge in [-0.25, -0.2) is 0 Å². The van der Waals surface area contributed by atoms with E-state index < -0.39 is 0 Å². The van der Waals surface area contributed by atoms with Gasteiger partial charge in [0, 0.05) is 13.8 Å². The van der Waals surface area contributed by atoms with Gasteiger partial charge in [-0.1, -0.05) is 0 Å². The molecule has 4 rings (SSSR count). The van der Waals surface area contributed by atoms with Crippen LogP contribution in [0.25, 0.3) is 0 Å². The van der Waals surface area contributed by atoms with E-state index in [1.54, 1.807) is 9.80 Å². The number of piperidine rings is 2. The molecule has 0 saturated carbocycles. The molecule has 0 radical (unpaired) electrons. The standard InChI is InChI=1S/C12H22N2O/c1-10(2)13-5-11(3)6-14(10)8-12(4,7-13)9(11)15/h9,15H,5-8H2,1-4H3/p+2. The predicted octanol–water partition coefficient (Wildman–Crippen LogP) is -2.09. The molecule has 4 heterocycles. The van der Waals surface area contributed by atoms with Gasteiger partial charge in [0.15, 0.2) is 0 Å². The van der Waals surface area contributed by atoms with Crippen molar-refractivity contribution in [2.45, 2.75) is 39.5 Å². The lowest BCUT2D eigenvalue weighted by Gasteiger charge is -2.65. The van der Waals surface area contributed by atoms with Crippen molar-refractivity contribution < 1.29 is 14.9 Å². The fraction of sp³-hybridized carbons (Fsp3) is 1.00. The van der Waals surface area contributed by atoms with Crippen LogP contribution in [0.4, 0.5) is 0 Å². The van der Waals surface area contributed by atoms with Gasteiger partial charge >= 0.3 is 0 Å². The van der Waals surface area contributed by atoms with Crippen molar-refractivity contribution in [1.29, 1.82) is 0 Å². The average molecular weight is 212 g/mol. The first-order valence-electron chi connectivity index (χ1n) is 6.16. The Labute approximate surface area is 92.1 Å². The van der Waals surface area contributed by atoms with Crippen molar-refractivity contribution in [1.82, 2.24) is 0 Å². The molecule has 4 aliphatic rings. The molecule has 3 heteroatoms. The molecule has 0 spiro atoms. The molecule has 15 heavy (non-hydrogen) atoms. The fourth-order valence-corrected chi connectivity index (χ4v) is 4.56. The van der Waals surface area contributed by atoms with Gasteiger partial charge in [0.2, 0.25) is 5.66 Å².